The molecule has 7 nitrogen and oxygen atoms in total. The van der Waals surface area contributed by atoms with Gasteiger partial charge in [0.25, 0.3) is 0 Å². The van der Waals surface area contributed by atoms with Crippen LogP contribution in [-0.4, -0.2) is 50.4 Å². The van der Waals surface area contributed by atoms with Crippen LogP contribution in [0.1, 0.15) is 6.42 Å². The maximum atomic E-state index is 12.1. The Hall–Kier alpha value is -1.35. The van der Waals surface area contributed by atoms with Crippen molar-refractivity contribution in [2.24, 2.45) is 0 Å². The predicted octanol–water partition coefficient (Wildman–Crippen LogP) is 1.20. The van der Waals surface area contributed by atoms with E-state index in [1.54, 1.807) is 0 Å². The van der Waals surface area contributed by atoms with Crippen molar-refractivity contribution in [2.45, 2.75) is 11.3 Å². The summed E-state index contributed by atoms with van der Waals surface area (Å²) in [7, 11) is -2.65. The molecule has 0 aliphatic heterocycles. The molecule has 1 rings (SSSR count). The summed E-state index contributed by atoms with van der Waals surface area (Å²) in [6.45, 7) is -0.658. The van der Waals surface area contributed by atoms with Crippen LogP contribution >= 0.6 is 23.2 Å². The van der Waals surface area contributed by atoms with E-state index < -0.39 is 28.4 Å². The van der Waals surface area contributed by atoms with E-state index in [0.717, 1.165) is 4.90 Å². The first-order valence-electron chi connectivity index (χ1n) is 6.04. The molecule has 0 aliphatic carbocycles. The van der Waals surface area contributed by atoms with E-state index in [2.05, 4.69) is 4.72 Å². The van der Waals surface area contributed by atoms with Gasteiger partial charge in [-0.3, -0.25) is 9.59 Å². The maximum Gasteiger partial charge on any atom is 0.323 e. The van der Waals surface area contributed by atoms with Gasteiger partial charge >= 0.3 is 5.97 Å². The van der Waals surface area contributed by atoms with Crippen LogP contribution in [0.15, 0.2) is 23.1 Å². The van der Waals surface area contributed by atoms with Gasteiger partial charge in [0.1, 0.15) is 11.4 Å². The van der Waals surface area contributed by atoms with Crippen molar-refractivity contribution in [3.05, 3.63) is 28.2 Å². The Kier molecular flexibility index (Phi) is 6.61. The van der Waals surface area contributed by atoms with Crippen LogP contribution in [0.25, 0.3) is 0 Å². The highest BCUT2D eigenvalue weighted by molar-refractivity contribution is 7.89. The molecule has 1 aromatic rings. The molecule has 0 radical (unpaired) electrons. The Labute approximate surface area is 137 Å². The summed E-state index contributed by atoms with van der Waals surface area (Å²) in [6.07, 6.45) is -0.189. The fraction of sp³-hybridized carbons (Fsp3) is 0.333. The fourth-order valence-corrected chi connectivity index (χ4v) is 3.76. The molecule has 1 amide bonds. The normalized spacial score (nSPS) is 11.2. The summed E-state index contributed by atoms with van der Waals surface area (Å²) in [5.41, 5.74) is 0. The predicted molar refractivity (Wildman–Crippen MR) is 81.5 cm³/mol. The molecule has 0 aliphatic rings. The molecule has 0 unspecified atom stereocenters. The number of likely N-dealkylation sites (N-methyl/N-ethyl adjacent to an activating group) is 1. The lowest BCUT2D eigenvalue weighted by Gasteiger charge is -2.15. The fourth-order valence-electron chi connectivity index (χ4n) is 1.59. The van der Waals surface area contributed by atoms with Gasteiger partial charge in [-0.15, -0.1) is 0 Å². The number of carboxylic acid groups (broad SMARTS) is 1. The lowest BCUT2D eigenvalue weighted by Crippen LogP contribution is -2.35. The van der Waals surface area contributed by atoms with Crippen molar-refractivity contribution in [3.63, 3.8) is 0 Å². The van der Waals surface area contributed by atoms with Gasteiger partial charge in [-0.25, -0.2) is 13.1 Å². The number of sulfonamides is 1. The highest BCUT2D eigenvalue weighted by atomic mass is 35.5. The zero-order valence-electron chi connectivity index (χ0n) is 11.5. The quantitative estimate of drug-likeness (QED) is 0.752. The van der Waals surface area contributed by atoms with Crippen LogP contribution in [0, 0.1) is 0 Å². The first-order valence-corrected chi connectivity index (χ1v) is 8.28. The van der Waals surface area contributed by atoms with Crippen molar-refractivity contribution < 1.29 is 23.1 Å². The smallest absolute Gasteiger partial charge is 0.323 e. The third kappa shape index (κ3) is 5.13. The van der Waals surface area contributed by atoms with Crippen LogP contribution in [-0.2, 0) is 19.6 Å². The molecular weight excluding hydrogens is 355 g/mol. The van der Waals surface area contributed by atoms with E-state index in [1.165, 1.54) is 25.2 Å². The van der Waals surface area contributed by atoms with Crippen LogP contribution < -0.4 is 4.72 Å². The minimum Gasteiger partial charge on any atom is -0.480 e. The Morgan fingerprint density at radius 3 is 2.32 bits per heavy atom. The van der Waals surface area contributed by atoms with Crippen molar-refractivity contribution in [2.75, 3.05) is 20.1 Å². The summed E-state index contributed by atoms with van der Waals surface area (Å²) in [5.74, 6) is -1.66. The molecule has 0 saturated carbocycles. The average Bonchev–Trinajstić information content (AvgIpc) is 2.36. The van der Waals surface area contributed by atoms with Crippen molar-refractivity contribution in [1.82, 2.24) is 9.62 Å². The lowest BCUT2D eigenvalue weighted by molar-refractivity contribution is -0.143. The zero-order chi connectivity index (χ0) is 16.9. The van der Waals surface area contributed by atoms with E-state index in [1.807, 2.05) is 0 Å². The summed E-state index contributed by atoms with van der Waals surface area (Å²) in [5, 5.41) is 8.50. The number of amides is 1. The van der Waals surface area contributed by atoms with Crippen LogP contribution in [0.4, 0.5) is 0 Å². The largest absolute Gasteiger partial charge is 0.480 e. The van der Waals surface area contributed by atoms with Gasteiger partial charge in [-0.2, -0.15) is 0 Å². The standard InChI is InChI=1S/C12H14Cl2N2O5S/c1-16(7-11(18)19)10(17)5-6-15-22(20,21)12-8(13)3-2-4-9(12)14/h2-4,15H,5-7H2,1H3,(H,18,19). The first-order chi connectivity index (χ1) is 10.1. The number of aliphatic carboxylic acids is 1. The molecule has 0 bridgehead atoms. The molecular formula is C12H14Cl2N2O5S. The third-order valence-corrected chi connectivity index (χ3v) is 5.03. The Balaban J connectivity index is 2.68. The summed E-state index contributed by atoms with van der Waals surface area (Å²) in [6, 6.07) is 4.27. The number of benzene rings is 1. The van der Waals surface area contributed by atoms with Crippen molar-refractivity contribution in [3.8, 4) is 0 Å². The van der Waals surface area contributed by atoms with Crippen molar-refractivity contribution in [1.29, 1.82) is 0 Å². The van der Waals surface area contributed by atoms with Crippen LogP contribution in [0.5, 0.6) is 0 Å². The highest BCUT2D eigenvalue weighted by Gasteiger charge is 2.21. The van der Waals surface area contributed by atoms with Gasteiger partial charge in [0, 0.05) is 20.0 Å². The Morgan fingerprint density at radius 2 is 1.82 bits per heavy atom. The second-order valence-corrected chi connectivity index (χ2v) is 6.86. The summed E-state index contributed by atoms with van der Waals surface area (Å²) >= 11 is 11.6. The SMILES string of the molecule is CN(CC(=O)O)C(=O)CCNS(=O)(=O)c1c(Cl)cccc1Cl. The van der Waals surface area contributed by atoms with Gasteiger partial charge in [0.15, 0.2) is 0 Å². The number of carbonyl (C=O) groups is 2. The molecule has 0 fully saturated rings. The monoisotopic (exact) mass is 368 g/mol. The van der Waals surface area contributed by atoms with Gasteiger partial charge < -0.3 is 10.0 Å². The lowest BCUT2D eigenvalue weighted by atomic mass is 10.4. The molecule has 1 aromatic carbocycles. The molecule has 2 N–H and O–H groups in total. The maximum absolute atomic E-state index is 12.1. The Bertz CT molecular complexity index is 658. The van der Waals surface area contributed by atoms with E-state index in [4.69, 9.17) is 28.3 Å². The van der Waals surface area contributed by atoms with E-state index in [9.17, 15) is 18.0 Å². The van der Waals surface area contributed by atoms with E-state index in [0.29, 0.717) is 0 Å². The molecule has 0 saturated heterocycles. The molecule has 122 valence electrons. The summed E-state index contributed by atoms with van der Waals surface area (Å²) in [4.78, 5) is 22.8. The average molecular weight is 369 g/mol. The van der Waals surface area contributed by atoms with Gasteiger partial charge in [-0.1, -0.05) is 29.3 Å². The first kappa shape index (κ1) is 18.7. The minimum absolute atomic E-state index is 0.0330. The molecule has 0 aromatic heterocycles. The highest BCUT2D eigenvalue weighted by Crippen LogP contribution is 2.28. The topological polar surface area (TPSA) is 104 Å². The van der Waals surface area contributed by atoms with Gasteiger partial charge in [0.05, 0.1) is 10.0 Å². The number of nitrogens with zero attached hydrogens (tertiary/aromatic N) is 1. The molecule has 22 heavy (non-hydrogen) atoms. The van der Waals surface area contributed by atoms with Crippen molar-refractivity contribution >= 4 is 45.1 Å². The van der Waals surface area contributed by atoms with Crippen LogP contribution in [0.2, 0.25) is 10.0 Å². The second kappa shape index (κ2) is 7.77. The van der Waals surface area contributed by atoms with Gasteiger partial charge in [0.2, 0.25) is 15.9 Å². The number of rotatable bonds is 7. The third-order valence-electron chi connectivity index (χ3n) is 2.62. The molecule has 0 heterocycles. The van der Waals surface area contributed by atoms with E-state index >= 15 is 0 Å². The summed E-state index contributed by atoms with van der Waals surface area (Å²) < 4.78 is 26.4. The number of nitrogens with one attached hydrogen (secondary N) is 1. The Morgan fingerprint density at radius 1 is 1.27 bits per heavy atom. The minimum atomic E-state index is -3.97. The zero-order valence-corrected chi connectivity index (χ0v) is 13.9. The number of halogens is 2. The number of carboxylic acids is 1. The number of carbonyl (C=O) groups excluding carboxylic acids is 1. The van der Waals surface area contributed by atoms with E-state index in [-0.39, 0.29) is 27.9 Å². The number of hydrogen-bond donors (Lipinski definition) is 2. The molecule has 10 heteroatoms. The number of hydrogen-bond acceptors (Lipinski definition) is 4. The van der Waals surface area contributed by atoms with Crippen LogP contribution in [0.3, 0.4) is 0 Å². The van der Waals surface area contributed by atoms with Gasteiger partial charge in [-0.05, 0) is 12.1 Å². The molecule has 0 spiro atoms. The second-order valence-electron chi connectivity index (χ2n) is 4.34. The molecule has 0 atom stereocenters.